The molecule has 0 radical (unpaired) electrons. The summed E-state index contributed by atoms with van der Waals surface area (Å²) in [5.41, 5.74) is 1.30. The van der Waals surface area contributed by atoms with Crippen molar-refractivity contribution in [3.8, 4) is 5.75 Å². The fourth-order valence-electron chi connectivity index (χ4n) is 2.34. The molecule has 0 aliphatic carbocycles. The first-order valence-corrected chi connectivity index (χ1v) is 8.22. The van der Waals surface area contributed by atoms with E-state index in [-0.39, 0.29) is 6.10 Å². The summed E-state index contributed by atoms with van der Waals surface area (Å²) in [6.07, 6.45) is 3.87. The molecule has 1 aromatic carbocycles. The summed E-state index contributed by atoms with van der Waals surface area (Å²) in [6, 6.07) is 6.23. The van der Waals surface area contributed by atoms with E-state index in [4.69, 9.17) is 9.47 Å². The molecule has 0 spiro atoms. The first kappa shape index (κ1) is 15.8. The lowest BCUT2D eigenvalue weighted by Gasteiger charge is -2.12. The number of nitrogens with one attached hydrogen (secondary N) is 1. The lowest BCUT2D eigenvalue weighted by atomic mass is 10.1. The molecule has 2 rings (SSSR count). The molecule has 0 amide bonds. The third kappa shape index (κ3) is 5.08. The topological polar surface area (TPSA) is 30.5 Å². The zero-order valence-corrected chi connectivity index (χ0v) is 13.9. The van der Waals surface area contributed by atoms with Gasteiger partial charge in [-0.2, -0.15) is 0 Å². The molecule has 4 heteroatoms. The molecule has 1 unspecified atom stereocenters. The Bertz CT molecular complexity index is 423. The Morgan fingerprint density at radius 2 is 2.25 bits per heavy atom. The molecule has 20 heavy (non-hydrogen) atoms. The van der Waals surface area contributed by atoms with Gasteiger partial charge in [-0.3, -0.25) is 0 Å². The number of hydrogen-bond acceptors (Lipinski definition) is 3. The molecule has 0 bridgehead atoms. The molecule has 1 aromatic rings. The number of fused-ring (bicyclic) bond motifs is 1. The maximum Gasteiger partial charge on any atom is 0.123 e. The predicted octanol–water partition coefficient (Wildman–Crippen LogP) is 3.55. The smallest absolute Gasteiger partial charge is 0.123 e. The van der Waals surface area contributed by atoms with Gasteiger partial charge in [0.05, 0.1) is 6.10 Å². The summed E-state index contributed by atoms with van der Waals surface area (Å²) in [4.78, 5) is 0. The van der Waals surface area contributed by atoms with Crippen LogP contribution in [0.25, 0.3) is 0 Å². The average molecular weight is 342 g/mol. The number of benzene rings is 1. The molecular weight excluding hydrogens is 318 g/mol. The number of ether oxygens (including phenoxy) is 2. The molecule has 3 nitrogen and oxygen atoms in total. The second-order valence-electron chi connectivity index (χ2n) is 5.53. The molecule has 0 fully saturated rings. The van der Waals surface area contributed by atoms with E-state index in [0.29, 0.717) is 6.10 Å². The maximum atomic E-state index is 5.91. The fraction of sp³-hybridized carbons (Fsp3) is 0.625. The number of hydrogen-bond donors (Lipinski definition) is 1. The van der Waals surface area contributed by atoms with Gasteiger partial charge >= 0.3 is 0 Å². The van der Waals surface area contributed by atoms with Crippen LogP contribution in [0.15, 0.2) is 22.7 Å². The molecule has 1 atom stereocenters. The maximum absolute atomic E-state index is 5.91. The van der Waals surface area contributed by atoms with Crippen LogP contribution in [0.5, 0.6) is 5.75 Å². The van der Waals surface area contributed by atoms with Crippen LogP contribution in [0.4, 0.5) is 0 Å². The van der Waals surface area contributed by atoms with Crippen LogP contribution in [-0.4, -0.2) is 31.9 Å². The van der Waals surface area contributed by atoms with Crippen LogP contribution >= 0.6 is 15.9 Å². The Kier molecular flexibility index (Phi) is 6.33. The van der Waals surface area contributed by atoms with Crippen LogP contribution in [0.3, 0.4) is 0 Å². The highest BCUT2D eigenvalue weighted by Crippen LogP contribution is 2.30. The van der Waals surface area contributed by atoms with Gasteiger partial charge in [0, 0.05) is 24.0 Å². The second-order valence-corrected chi connectivity index (χ2v) is 6.44. The SMILES string of the molecule is CC(C)OCCCCNCC1Cc2cc(Br)ccc2O1. The van der Waals surface area contributed by atoms with Gasteiger partial charge in [0.15, 0.2) is 0 Å². The second kappa shape index (κ2) is 8.01. The van der Waals surface area contributed by atoms with Gasteiger partial charge in [0.2, 0.25) is 0 Å². The van der Waals surface area contributed by atoms with Crippen molar-refractivity contribution in [2.75, 3.05) is 19.7 Å². The molecular formula is C16H24BrNO2. The first-order chi connectivity index (χ1) is 9.65. The van der Waals surface area contributed by atoms with Gasteiger partial charge in [-0.15, -0.1) is 0 Å². The van der Waals surface area contributed by atoms with Gasteiger partial charge in [0.25, 0.3) is 0 Å². The van der Waals surface area contributed by atoms with Crippen molar-refractivity contribution in [3.63, 3.8) is 0 Å². The van der Waals surface area contributed by atoms with Crippen LogP contribution in [0.2, 0.25) is 0 Å². The lowest BCUT2D eigenvalue weighted by molar-refractivity contribution is 0.0759. The minimum absolute atomic E-state index is 0.270. The van der Waals surface area contributed by atoms with Crippen LogP contribution < -0.4 is 10.1 Å². The van der Waals surface area contributed by atoms with Crippen molar-refractivity contribution < 1.29 is 9.47 Å². The first-order valence-electron chi connectivity index (χ1n) is 7.42. The quantitative estimate of drug-likeness (QED) is 0.733. The van der Waals surface area contributed by atoms with E-state index < -0.39 is 0 Å². The Labute approximate surface area is 130 Å². The lowest BCUT2D eigenvalue weighted by Crippen LogP contribution is -2.30. The van der Waals surface area contributed by atoms with Crippen LogP contribution in [0.1, 0.15) is 32.3 Å². The molecule has 0 saturated heterocycles. The Morgan fingerprint density at radius 1 is 1.40 bits per heavy atom. The van der Waals surface area contributed by atoms with E-state index >= 15 is 0 Å². The molecule has 1 heterocycles. The van der Waals surface area contributed by atoms with Gasteiger partial charge in [0.1, 0.15) is 11.9 Å². The monoisotopic (exact) mass is 341 g/mol. The highest BCUT2D eigenvalue weighted by molar-refractivity contribution is 9.10. The predicted molar refractivity (Wildman–Crippen MR) is 85.5 cm³/mol. The summed E-state index contributed by atoms with van der Waals surface area (Å²) in [5, 5.41) is 3.47. The number of unbranched alkanes of at least 4 members (excludes halogenated alkanes) is 1. The number of rotatable bonds is 8. The largest absolute Gasteiger partial charge is 0.488 e. The van der Waals surface area contributed by atoms with E-state index in [1.54, 1.807) is 0 Å². The molecule has 1 aliphatic heterocycles. The van der Waals surface area contributed by atoms with E-state index in [1.165, 1.54) is 5.56 Å². The molecule has 112 valence electrons. The van der Waals surface area contributed by atoms with E-state index in [2.05, 4.69) is 41.2 Å². The molecule has 0 saturated carbocycles. The van der Waals surface area contributed by atoms with E-state index in [9.17, 15) is 0 Å². The summed E-state index contributed by atoms with van der Waals surface area (Å²) in [6.45, 7) is 6.95. The number of halogens is 1. The Hall–Kier alpha value is -0.580. The van der Waals surface area contributed by atoms with Gasteiger partial charge in [-0.05, 0) is 57.0 Å². The van der Waals surface area contributed by atoms with Crippen LogP contribution in [-0.2, 0) is 11.2 Å². The minimum atomic E-state index is 0.270. The third-order valence-electron chi connectivity index (χ3n) is 3.33. The molecule has 0 aromatic heterocycles. The normalized spacial score (nSPS) is 17.3. The highest BCUT2D eigenvalue weighted by Gasteiger charge is 2.22. The summed E-state index contributed by atoms with van der Waals surface area (Å²) in [7, 11) is 0. The average Bonchev–Trinajstić information content (AvgIpc) is 2.79. The summed E-state index contributed by atoms with van der Waals surface area (Å²) < 4.78 is 12.6. The van der Waals surface area contributed by atoms with Crippen molar-refractivity contribution in [1.29, 1.82) is 0 Å². The van der Waals surface area contributed by atoms with Crippen molar-refractivity contribution in [1.82, 2.24) is 5.32 Å². The Morgan fingerprint density at radius 3 is 3.05 bits per heavy atom. The standard InChI is InChI=1S/C16H24BrNO2/c1-12(2)19-8-4-3-7-18-11-15-10-13-9-14(17)5-6-16(13)20-15/h5-6,9,12,15,18H,3-4,7-8,10-11H2,1-2H3. The van der Waals surface area contributed by atoms with E-state index in [0.717, 1.165) is 49.2 Å². The van der Waals surface area contributed by atoms with Gasteiger partial charge < -0.3 is 14.8 Å². The summed E-state index contributed by atoms with van der Waals surface area (Å²) >= 11 is 3.50. The van der Waals surface area contributed by atoms with Gasteiger partial charge in [-0.25, -0.2) is 0 Å². The van der Waals surface area contributed by atoms with Crippen LogP contribution in [0, 0.1) is 0 Å². The van der Waals surface area contributed by atoms with Crippen molar-refractivity contribution in [3.05, 3.63) is 28.2 Å². The fourth-order valence-corrected chi connectivity index (χ4v) is 2.75. The zero-order valence-electron chi connectivity index (χ0n) is 12.3. The minimum Gasteiger partial charge on any atom is -0.488 e. The Balaban J connectivity index is 1.56. The zero-order chi connectivity index (χ0) is 14.4. The third-order valence-corrected chi connectivity index (χ3v) is 3.83. The molecule has 1 aliphatic rings. The van der Waals surface area contributed by atoms with Crippen molar-refractivity contribution in [2.24, 2.45) is 0 Å². The molecule has 1 N–H and O–H groups in total. The summed E-state index contributed by atoms with van der Waals surface area (Å²) in [5.74, 6) is 1.03. The van der Waals surface area contributed by atoms with Gasteiger partial charge in [-0.1, -0.05) is 15.9 Å². The van der Waals surface area contributed by atoms with Crippen molar-refractivity contribution >= 4 is 15.9 Å². The highest BCUT2D eigenvalue weighted by atomic mass is 79.9. The van der Waals surface area contributed by atoms with Crippen molar-refractivity contribution in [2.45, 2.75) is 45.3 Å². The van der Waals surface area contributed by atoms with E-state index in [1.807, 2.05) is 12.1 Å².